The lowest BCUT2D eigenvalue weighted by molar-refractivity contribution is 0.0383. The van der Waals surface area contributed by atoms with Crippen molar-refractivity contribution in [2.24, 2.45) is 5.92 Å². The van der Waals surface area contributed by atoms with Gasteiger partial charge in [0.15, 0.2) is 0 Å². The fraction of sp³-hybridized carbons (Fsp3) is 0.375. The largest absolute Gasteiger partial charge is 0.379 e. The molecular weight excluding hydrogens is 568 g/mol. The zero-order valence-electron chi connectivity index (χ0n) is 22.8. The summed E-state index contributed by atoms with van der Waals surface area (Å²) in [4.78, 5) is 31.0. The molecule has 0 spiro atoms. The Hall–Kier alpha value is -3.20. The standard InChI is InChI=1S/C32H37BrN4O3/c33-27-8-4-7-26(22-27)31(38)35-28-9-10-30(29(23-28)32(39)34-13-16-36-17-19-40-20-18-36)37-14-11-25(12-15-37)21-24-5-2-1-3-6-24/h1-10,22-23,25H,11-21H2,(H,34,39)(H,35,38). The first kappa shape index (κ1) is 28.3. The van der Waals surface area contributed by atoms with Crippen molar-refractivity contribution in [2.75, 3.05) is 62.7 Å². The molecule has 7 nitrogen and oxygen atoms in total. The summed E-state index contributed by atoms with van der Waals surface area (Å²) in [5, 5.41) is 6.09. The number of halogens is 1. The first-order valence-corrected chi connectivity index (χ1v) is 14.9. The van der Waals surface area contributed by atoms with Crippen molar-refractivity contribution in [3.05, 3.63) is 94.0 Å². The van der Waals surface area contributed by atoms with E-state index in [1.807, 2.05) is 30.3 Å². The lowest BCUT2D eigenvalue weighted by atomic mass is 9.89. The molecule has 5 rings (SSSR count). The molecule has 2 N–H and O–H groups in total. The van der Waals surface area contributed by atoms with Crippen LogP contribution in [0.15, 0.2) is 77.3 Å². The third-order valence-electron chi connectivity index (χ3n) is 7.73. The average molecular weight is 606 g/mol. The Morgan fingerprint density at radius 2 is 1.65 bits per heavy atom. The molecule has 2 fully saturated rings. The number of hydrogen-bond acceptors (Lipinski definition) is 5. The summed E-state index contributed by atoms with van der Waals surface area (Å²) in [5.74, 6) is 0.302. The second-order valence-electron chi connectivity index (χ2n) is 10.5. The van der Waals surface area contributed by atoms with Gasteiger partial charge >= 0.3 is 0 Å². The first-order chi connectivity index (χ1) is 19.5. The Balaban J connectivity index is 1.28. The molecule has 8 heteroatoms. The highest BCUT2D eigenvalue weighted by Gasteiger charge is 2.24. The number of carbonyl (C=O) groups excluding carboxylic acids is 2. The van der Waals surface area contributed by atoms with Crippen molar-refractivity contribution in [3.8, 4) is 0 Å². The van der Waals surface area contributed by atoms with Crippen LogP contribution in [0.3, 0.4) is 0 Å². The summed E-state index contributed by atoms with van der Waals surface area (Å²) in [6.07, 6.45) is 3.24. The van der Waals surface area contributed by atoms with Crippen molar-refractivity contribution in [1.82, 2.24) is 10.2 Å². The number of nitrogens with zero attached hydrogens (tertiary/aromatic N) is 2. The maximum Gasteiger partial charge on any atom is 0.255 e. The van der Waals surface area contributed by atoms with Crippen LogP contribution in [0.1, 0.15) is 39.1 Å². The molecule has 2 amide bonds. The minimum Gasteiger partial charge on any atom is -0.379 e. The van der Waals surface area contributed by atoms with Gasteiger partial charge in [0.1, 0.15) is 0 Å². The van der Waals surface area contributed by atoms with Gasteiger partial charge in [-0.2, -0.15) is 0 Å². The van der Waals surface area contributed by atoms with Gasteiger partial charge in [-0.1, -0.05) is 52.3 Å². The van der Waals surface area contributed by atoms with Crippen LogP contribution in [0, 0.1) is 5.92 Å². The molecule has 0 saturated carbocycles. The normalized spacial score (nSPS) is 16.5. The predicted molar refractivity (Wildman–Crippen MR) is 163 cm³/mol. The van der Waals surface area contributed by atoms with E-state index in [4.69, 9.17) is 4.74 Å². The van der Waals surface area contributed by atoms with Gasteiger partial charge in [0, 0.05) is 60.7 Å². The van der Waals surface area contributed by atoms with Gasteiger partial charge in [-0.05, 0) is 67.1 Å². The van der Waals surface area contributed by atoms with Gasteiger partial charge < -0.3 is 20.3 Å². The van der Waals surface area contributed by atoms with E-state index in [1.165, 1.54) is 5.56 Å². The number of ether oxygens (including phenoxy) is 1. The molecule has 0 aromatic heterocycles. The minimum atomic E-state index is -0.213. The van der Waals surface area contributed by atoms with Gasteiger partial charge in [0.05, 0.1) is 18.8 Å². The SMILES string of the molecule is O=C(Nc1ccc(N2CCC(Cc3ccccc3)CC2)c(C(=O)NCCN2CCOCC2)c1)c1cccc(Br)c1. The molecule has 210 valence electrons. The van der Waals surface area contributed by atoms with E-state index in [0.29, 0.717) is 29.3 Å². The number of benzene rings is 3. The van der Waals surface area contributed by atoms with Crippen molar-refractivity contribution in [1.29, 1.82) is 0 Å². The third-order valence-corrected chi connectivity index (χ3v) is 8.22. The third kappa shape index (κ3) is 7.71. The van der Waals surface area contributed by atoms with Gasteiger partial charge in [-0.25, -0.2) is 0 Å². The van der Waals surface area contributed by atoms with Crippen LogP contribution >= 0.6 is 15.9 Å². The van der Waals surface area contributed by atoms with E-state index in [9.17, 15) is 9.59 Å². The van der Waals surface area contributed by atoms with Crippen LogP contribution in [-0.4, -0.2) is 69.2 Å². The van der Waals surface area contributed by atoms with E-state index >= 15 is 0 Å². The number of nitrogens with one attached hydrogen (secondary N) is 2. The highest BCUT2D eigenvalue weighted by atomic mass is 79.9. The number of anilines is 2. The summed E-state index contributed by atoms with van der Waals surface area (Å²) in [6, 6.07) is 23.6. The summed E-state index contributed by atoms with van der Waals surface area (Å²) < 4.78 is 6.27. The Labute approximate surface area is 245 Å². The fourth-order valence-corrected chi connectivity index (χ4v) is 5.88. The van der Waals surface area contributed by atoms with E-state index in [0.717, 1.165) is 75.4 Å². The van der Waals surface area contributed by atoms with Gasteiger partial charge in [0.2, 0.25) is 0 Å². The van der Waals surface area contributed by atoms with Gasteiger partial charge in [0.25, 0.3) is 11.8 Å². The molecule has 2 aliphatic rings. The monoisotopic (exact) mass is 604 g/mol. The Kier molecular flexibility index (Phi) is 9.86. The summed E-state index contributed by atoms with van der Waals surface area (Å²) in [6.45, 7) is 6.38. The number of carbonyl (C=O) groups is 2. The van der Waals surface area contributed by atoms with Crippen LogP contribution in [0.4, 0.5) is 11.4 Å². The zero-order valence-corrected chi connectivity index (χ0v) is 24.4. The highest BCUT2D eigenvalue weighted by molar-refractivity contribution is 9.10. The van der Waals surface area contributed by atoms with Crippen LogP contribution in [0.5, 0.6) is 0 Å². The van der Waals surface area contributed by atoms with Crippen LogP contribution in [-0.2, 0) is 11.2 Å². The zero-order chi connectivity index (χ0) is 27.7. The van der Waals surface area contributed by atoms with E-state index in [1.54, 1.807) is 12.1 Å². The summed E-state index contributed by atoms with van der Waals surface area (Å²) >= 11 is 3.43. The molecule has 40 heavy (non-hydrogen) atoms. The van der Waals surface area contributed by atoms with Gasteiger partial charge in [-0.3, -0.25) is 14.5 Å². The lowest BCUT2D eigenvalue weighted by Crippen LogP contribution is -2.41. The predicted octanol–water partition coefficient (Wildman–Crippen LogP) is 5.22. The van der Waals surface area contributed by atoms with Crippen molar-refractivity contribution in [2.45, 2.75) is 19.3 Å². The van der Waals surface area contributed by atoms with Crippen LogP contribution in [0.25, 0.3) is 0 Å². The number of morpholine rings is 1. The number of amides is 2. The second-order valence-corrected chi connectivity index (χ2v) is 11.4. The molecule has 2 heterocycles. The van der Waals surface area contributed by atoms with Crippen LogP contribution in [0.2, 0.25) is 0 Å². The second kappa shape index (κ2) is 13.9. The number of rotatable bonds is 9. The minimum absolute atomic E-state index is 0.117. The maximum absolute atomic E-state index is 13.5. The van der Waals surface area contributed by atoms with Crippen LogP contribution < -0.4 is 15.5 Å². The molecular formula is C32H37BrN4O3. The number of piperidine rings is 1. The maximum atomic E-state index is 13.5. The molecule has 3 aromatic carbocycles. The van der Waals surface area contributed by atoms with E-state index < -0.39 is 0 Å². The molecule has 3 aromatic rings. The van der Waals surface area contributed by atoms with E-state index in [2.05, 4.69) is 66.7 Å². The molecule has 0 aliphatic carbocycles. The van der Waals surface area contributed by atoms with Gasteiger partial charge in [-0.15, -0.1) is 0 Å². The van der Waals surface area contributed by atoms with Crippen molar-refractivity contribution >= 4 is 39.1 Å². The van der Waals surface area contributed by atoms with Crippen molar-refractivity contribution < 1.29 is 14.3 Å². The molecule has 2 saturated heterocycles. The number of hydrogen-bond donors (Lipinski definition) is 2. The smallest absolute Gasteiger partial charge is 0.255 e. The molecule has 0 radical (unpaired) electrons. The Morgan fingerprint density at radius 3 is 2.40 bits per heavy atom. The topological polar surface area (TPSA) is 73.9 Å². The lowest BCUT2D eigenvalue weighted by Gasteiger charge is -2.35. The Bertz CT molecular complexity index is 1290. The molecule has 0 atom stereocenters. The highest BCUT2D eigenvalue weighted by Crippen LogP contribution is 2.30. The van der Waals surface area contributed by atoms with Crippen molar-refractivity contribution in [3.63, 3.8) is 0 Å². The molecule has 0 unspecified atom stereocenters. The fourth-order valence-electron chi connectivity index (χ4n) is 5.48. The molecule has 2 aliphatic heterocycles. The summed E-state index contributed by atoms with van der Waals surface area (Å²) in [7, 11) is 0. The molecule has 0 bridgehead atoms. The first-order valence-electron chi connectivity index (χ1n) is 14.1. The summed E-state index contributed by atoms with van der Waals surface area (Å²) in [5.41, 5.74) is 4.05. The average Bonchev–Trinajstić information content (AvgIpc) is 2.98. The van der Waals surface area contributed by atoms with E-state index in [-0.39, 0.29) is 11.8 Å². The quantitative estimate of drug-likeness (QED) is 0.350. The Morgan fingerprint density at radius 1 is 0.875 bits per heavy atom.